The van der Waals surface area contributed by atoms with Gasteiger partial charge in [-0.1, -0.05) is 11.6 Å². The number of carbonyl (C=O) groups excluding carboxylic acids is 3. The highest BCUT2D eigenvalue weighted by atomic mass is 35.5. The first-order valence-corrected chi connectivity index (χ1v) is 11.3. The van der Waals surface area contributed by atoms with Crippen molar-refractivity contribution in [3.05, 3.63) is 43.9 Å². The number of aromatic nitrogens is 1. The predicted molar refractivity (Wildman–Crippen MR) is 118 cm³/mol. The summed E-state index contributed by atoms with van der Waals surface area (Å²) in [6.07, 6.45) is 0. The third kappa shape index (κ3) is 5.66. The van der Waals surface area contributed by atoms with Crippen LogP contribution in [0.25, 0.3) is 0 Å². The number of aryl methyl sites for hydroxylation is 1. The van der Waals surface area contributed by atoms with Crippen molar-refractivity contribution in [2.24, 2.45) is 0 Å². The van der Waals surface area contributed by atoms with Crippen LogP contribution in [0.5, 0.6) is 0 Å². The van der Waals surface area contributed by atoms with E-state index in [0.717, 1.165) is 24.0 Å². The van der Waals surface area contributed by atoms with Crippen LogP contribution in [0.15, 0.2) is 12.1 Å². The quantitative estimate of drug-likeness (QED) is 0.629. The molecule has 168 valence electrons. The lowest BCUT2D eigenvalue weighted by Gasteiger charge is -2.34. The number of aromatic amines is 1. The fraction of sp³-hybridized carbons (Fsp3) is 0.476. The summed E-state index contributed by atoms with van der Waals surface area (Å²) in [4.78, 5) is 45.0. The molecule has 1 aliphatic rings. The van der Waals surface area contributed by atoms with E-state index in [4.69, 9.17) is 21.1 Å². The summed E-state index contributed by atoms with van der Waals surface area (Å²) in [5.74, 6) is -1.40. The van der Waals surface area contributed by atoms with Crippen molar-refractivity contribution in [3.8, 4) is 0 Å². The minimum atomic E-state index is -0.669. The molecule has 1 saturated heterocycles. The smallest absolute Gasteiger partial charge is 0.355 e. The molecule has 0 aromatic carbocycles. The molecule has 2 aromatic rings. The van der Waals surface area contributed by atoms with Crippen molar-refractivity contribution in [2.75, 3.05) is 39.4 Å². The zero-order valence-corrected chi connectivity index (χ0v) is 19.4. The Morgan fingerprint density at radius 2 is 1.81 bits per heavy atom. The number of nitrogens with zero attached hydrogens (tertiary/aromatic N) is 2. The molecule has 3 rings (SSSR count). The summed E-state index contributed by atoms with van der Waals surface area (Å²) in [6, 6.07) is 3.90. The Morgan fingerprint density at radius 3 is 2.42 bits per heavy atom. The fourth-order valence-corrected chi connectivity index (χ4v) is 4.70. The van der Waals surface area contributed by atoms with Crippen LogP contribution in [-0.2, 0) is 20.8 Å². The zero-order valence-electron chi connectivity index (χ0n) is 17.8. The molecule has 1 N–H and O–H groups in total. The maximum Gasteiger partial charge on any atom is 0.355 e. The normalized spacial score (nSPS) is 14.5. The first-order chi connectivity index (χ1) is 14.8. The van der Waals surface area contributed by atoms with Crippen LogP contribution < -0.4 is 0 Å². The van der Waals surface area contributed by atoms with E-state index in [1.54, 1.807) is 37.0 Å². The van der Waals surface area contributed by atoms with Crippen LogP contribution in [0.4, 0.5) is 0 Å². The van der Waals surface area contributed by atoms with Gasteiger partial charge in [0.05, 0.1) is 16.5 Å². The van der Waals surface area contributed by atoms with E-state index >= 15 is 0 Å². The second-order valence-electron chi connectivity index (χ2n) is 7.28. The number of thiophene rings is 1. The Bertz CT molecular complexity index is 962. The van der Waals surface area contributed by atoms with Crippen LogP contribution in [0.3, 0.4) is 0 Å². The van der Waals surface area contributed by atoms with Gasteiger partial charge in [0.15, 0.2) is 6.61 Å². The monoisotopic (exact) mass is 467 g/mol. The molecule has 31 heavy (non-hydrogen) atoms. The first-order valence-electron chi connectivity index (χ1n) is 10.1. The van der Waals surface area contributed by atoms with E-state index < -0.39 is 11.9 Å². The molecule has 0 atom stereocenters. The highest BCUT2D eigenvalue weighted by Crippen LogP contribution is 2.23. The highest BCUT2D eigenvalue weighted by Gasteiger charge is 2.26. The van der Waals surface area contributed by atoms with E-state index in [-0.39, 0.29) is 24.8 Å². The lowest BCUT2D eigenvalue weighted by Crippen LogP contribution is -2.49. The standard InChI is InChI=1S/C21H26ClN3O5S/c1-4-29-20(27)18-13(2)19(23-14(18)3)21(28)30-12-17(26)25-9-7-24(8-10-25)11-15-5-6-16(22)31-15/h5-6,23H,4,7-12H2,1-3H3. The Hall–Kier alpha value is -2.36. The summed E-state index contributed by atoms with van der Waals surface area (Å²) < 4.78 is 11.0. The van der Waals surface area contributed by atoms with Crippen molar-refractivity contribution in [3.63, 3.8) is 0 Å². The summed E-state index contributed by atoms with van der Waals surface area (Å²) in [5, 5.41) is 0. The minimum absolute atomic E-state index is 0.160. The van der Waals surface area contributed by atoms with E-state index in [0.29, 0.717) is 29.9 Å². The van der Waals surface area contributed by atoms with Gasteiger partial charge in [-0.05, 0) is 38.5 Å². The molecule has 1 aliphatic heterocycles. The molecule has 3 heterocycles. The van der Waals surface area contributed by atoms with Gasteiger partial charge in [-0.3, -0.25) is 9.69 Å². The summed E-state index contributed by atoms with van der Waals surface area (Å²) >= 11 is 7.54. The molecule has 0 radical (unpaired) electrons. The van der Waals surface area contributed by atoms with E-state index in [1.165, 1.54) is 4.88 Å². The molecule has 2 aromatic heterocycles. The van der Waals surface area contributed by atoms with Crippen LogP contribution in [-0.4, -0.2) is 72.0 Å². The molecule has 8 nitrogen and oxygen atoms in total. The molecule has 0 spiro atoms. The average molecular weight is 468 g/mol. The lowest BCUT2D eigenvalue weighted by atomic mass is 10.1. The van der Waals surface area contributed by atoms with Gasteiger partial charge in [0.25, 0.3) is 5.91 Å². The van der Waals surface area contributed by atoms with Gasteiger partial charge >= 0.3 is 11.9 Å². The molecular weight excluding hydrogens is 442 g/mol. The second kappa shape index (κ2) is 10.3. The third-order valence-electron chi connectivity index (χ3n) is 5.18. The van der Waals surface area contributed by atoms with E-state index in [2.05, 4.69) is 9.88 Å². The summed E-state index contributed by atoms with van der Waals surface area (Å²) in [6.45, 7) is 8.39. The summed E-state index contributed by atoms with van der Waals surface area (Å²) in [7, 11) is 0. The van der Waals surface area contributed by atoms with Crippen LogP contribution in [0.1, 0.15) is 43.9 Å². The predicted octanol–water partition coefficient (Wildman–Crippen LogP) is 3.02. The molecule has 10 heteroatoms. The number of amides is 1. The maximum absolute atomic E-state index is 12.5. The molecule has 1 amide bonds. The van der Waals surface area contributed by atoms with Crippen molar-refractivity contribution in [1.82, 2.24) is 14.8 Å². The number of hydrogen-bond acceptors (Lipinski definition) is 7. The van der Waals surface area contributed by atoms with Gasteiger partial charge in [0.1, 0.15) is 5.69 Å². The number of nitrogens with one attached hydrogen (secondary N) is 1. The van der Waals surface area contributed by atoms with Crippen LogP contribution in [0.2, 0.25) is 4.34 Å². The number of rotatable bonds is 7. The molecule has 0 bridgehead atoms. The van der Waals surface area contributed by atoms with Gasteiger partial charge in [-0.15, -0.1) is 11.3 Å². The summed E-state index contributed by atoms with van der Waals surface area (Å²) in [5.41, 5.74) is 1.46. The van der Waals surface area contributed by atoms with Crippen molar-refractivity contribution < 1.29 is 23.9 Å². The molecular formula is C21H26ClN3O5S. The Labute approximate surface area is 190 Å². The largest absolute Gasteiger partial charge is 0.462 e. The molecule has 1 fully saturated rings. The fourth-order valence-electron chi connectivity index (χ4n) is 3.57. The van der Waals surface area contributed by atoms with Gasteiger partial charge in [-0.2, -0.15) is 0 Å². The van der Waals surface area contributed by atoms with Crippen molar-refractivity contribution in [1.29, 1.82) is 0 Å². The number of ether oxygens (including phenoxy) is 2. The Morgan fingerprint density at radius 1 is 1.10 bits per heavy atom. The van der Waals surface area contributed by atoms with Gasteiger partial charge in [0.2, 0.25) is 0 Å². The van der Waals surface area contributed by atoms with Crippen molar-refractivity contribution in [2.45, 2.75) is 27.3 Å². The van der Waals surface area contributed by atoms with Crippen molar-refractivity contribution >= 4 is 40.8 Å². The second-order valence-corrected chi connectivity index (χ2v) is 9.08. The number of hydrogen-bond donors (Lipinski definition) is 1. The topological polar surface area (TPSA) is 91.9 Å². The number of halogens is 1. The number of carbonyl (C=O) groups is 3. The third-order valence-corrected chi connectivity index (χ3v) is 6.40. The first kappa shape index (κ1) is 23.3. The van der Waals surface area contributed by atoms with E-state index in [9.17, 15) is 14.4 Å². The Balaban J connectivity index is 1.49. The van der Waals surface area contributed by atoms with Gasteiger partial charge in [-0.25, -0.2) is 9.59 Å². The maximum atomic E-state index is 12.5. The Kier molecular flexibility index (Phi) is 7.74. The average Bonchev–Trinajstić information content (AvgIpc) is 3.28. The number of H-pyrrole nitrogens is 1. The van der Waals surface area contributed by atoms with Crippen LogP contribution in [0, 0.1) is 13.8 Å². The lowest BCUT2D eigenvalue weighted by molar-refractivity contribution is -0.136. The SMILES string of the molecule is CCOC(=O)c1c(C)[nH]c(C(=O)OCC(=O)N2CCN(Cc3ccc(Cl)s3)CC2)c1C. The number of esters is 2. The number of piperazine rings is 1. The molecule has 0 saturated carbocycles. The minimum Gasteiger partial charge on any atom is -0.462 e. The highest BCUT2D eigenvalue weighted by molar-refractivity contribution is 7.16. The zero-order chi connectivity index (χ0) is 22.5. The van der Waals surface area contributed by atoms with Gasteiger partial charge < -0.3 is 19.4 Å². The van der Waals surface area contributed by atoms with Gasteiger partial charge in [0, 0.05) is 43.3 Å². The van der Waals surface area contributed by atoms with E-state index in [1.807, 2.05) is 12.1 Å². The van der Waals surface area contributed by atoms with Crippen LogP contribution >= 0.6 is 22.9 Å². The molecule has 0 unspecified atom stereocenters. The molecule has 0 aliphatic carbocycles.